The van der Waals surface area contributed by atoms with Crippen molar-refractivity contribution >= 4 is 29.0 Å². The lowest BCUT2D eigenvalue weighted by molar-refractivity contribution is 0.0699. The fraction of sp³-hybridized carbons (Fsp3) is 0. The van der Waals surface area contributed by atoms with Crippen molar-refractivity contribution < 1.29 is 18.7 Å². The Morgan fingerprint density at radius 1 is 1.00 bits per heavy atom. The summed E-state index contributed by atoms with van der Waals surface area (Å²) in [5.74, 6) is -2.91. The Morgan fingerprint density at radius 3 is 2.52 bits per heavy atom. The minimum atomic E-state index is -1.05. The largest absolute Gasteiger partial charge is 0.478 e. The van der Waals surface area contributed by atoms with Gasteiger partial charge in [0.15, 0.2) is 11.6 Å². The van der Waals surface area contributed by atoms with Crippen molar-refractivity contribution in [2.45, 2.75) is 0 Å². The Kier molecular flexibility index (Phi) is 3.85. The van der Waals surface area contributed by atoms with Crippen LogP contribution in [-0.2, 0) is 0 Å². The van der Waals surface area contributed by atoms with Crippen molar-refractivity contribution in [3.8, 4) is 0 Å². The lowest BCUT2D eigenvalue weighted by atomic mass is 10.1. The van der Waals surface area contributed by atoms with Gasteiger partial charge in [-0.2, -0.15) is 0 Å². The van der Waals surface area contributed by atoms with E-state index in [-0.39, 0.29) is 5.56 Å². The molecule has 0 atom stereocenters. The van der Waals surface area contributed by atoms with E-state index in [1.54, 1.807) is 36.4 Å². The number of carbonyl (C=O) groups is 1. The van der Waals surface area contributed by atoms with E-state index < -0.39 is 17.6 Å². The Bertz CT molecular complexity index is 935. The second-order valence-corrected chi connectivity index (χ2v) is 4.92. The number of fused-ring (bicyclic) bond motifs is 1. The Balaban J connectivity index is 2.04. The molecular weight excluding hydrogens is 300 g/mol. The molecule has 3 aromatic rings. The first-order valence-corrected chi connectivity index (χ1v) is 6.81. The lowest BCUT2D eigenvalue weighted by Gasteiger charge is -2.04. The highest BCUT2D eigenvalue weighted by atomic mass is 19.2. The normalized spacial score (nSPS) is 11.2. The molecule has 0 spiro atoms. The minimum Gasteiger partial charge on any atom is -0.478 e. The molecule has 0 saturated carbocycles. The van der Waals surface area contributed by atoms with Crippen LogP contribution in [0.1, 0.15) is 21.6 Å². The maximum atomic E-state index is 13.2. The van der Waals surface area contributed by atoms with E-state index in [2.05, 4.69) is 4.98 Å². The molecule has 3 nitrogen and oxygen atoms in total. The molecule has 3 rings (SSSR count). The first-order chi connectivity index (χ1) is 11.0. The Labute approximate surface area is 130 Å². The first-order valence-electron chi connectivity index (χ1n) is 6.81. The number of carboxylic acids is 1. The van der Waals surface area contributed by atoms with Crippen molar-refractivity contribution in [3.05, 3.63) is 77.0 Å². The fourth-order valence-corrected chi connectivity index (χ4v) is 2.26. The number of para-hydroxylation sites is 1. The van der Waals surface area contributed by atoms with Gasteiger partial charge in [-0.1, -0.05) is 30.3 Å². The average molecular weight is 311 g/mol. The van der Waals surface area contributed by atoms with Crippen LogP contribution in [0.4, 0.5) is 8.78 Å². The number of carboxylic acid groups (broad SMARTS) is 1. The number of benzene rings is 2. The Hall–Kier alpha value is -3.08. The number of hydrogen-bond donors (Lipinski definition) is 1. The van der Waals surface area contributed by atoms with E-state index in [1.807, 2.05) is 0 Å². The third kappa shape index (κ3) is 3.08. The summed E-state index contributed by atoms with van der Waals surface area (Å²) in [6, 6.07) is 11.9. The van der Waals surface area contributed by atoms with Gasteiger partial charge in [0.2, 0.25) is 0 Å². The predicted molar refractivity (Wildman–Crippen MR) is 84.0 cm³/mol. The highest BCUT2D eigenvalue weighted by Gasteiger charge is 2.10. The van der Waals surface area contributed by atoms with E-state index in [0.29, 0.717) is 22.2 Å². The van der Waals surface area contributed by atoms with Gasteiger partial charge < -0.3 is 5.11 Å². The molecule has 0 aliphatic carbocycles. The van der Waals surface area contributed by atoms with E-state index in [9.17, 15) is 18.7 Å². The zero-order valence-electron chi connectivity index (χ0n) is 11.8. The number of aromatic carboxylic acids is 1. The van der Waals surface area contributed by atoms with Crippen LogP contribution >= 0.6 is 0 Å². The molecule has 0 radical (unpaired) electrons. The smallest absolute Gasteiger partial charge is 0.336 e. The number of rotatable bonds is 3. The highest BCUT2D eigenvalue weighted by molar-refractivity contribution is 6.03. The van der Waals surface area contributed by atoms with Crippen molar-refractivity contribution in [3.63, 3.8) is 0 Å². The number of nitrogens with zero attached hydrogens (tertiary/aromatic N) is 1. The van der Waals surface area contributed by atoms with Crippen LogP contribution in [0.25, 0.3) is 23.1 Å². The van der Waals surface area contributed by atoms with Crippen LogP contribution in [0, 0.1) is 11.6 Å². The van der Waals surface area contributed by atoms with Gasteiger partial charge in [-0.05, 0) is 35.9 Å². The molecular formula is C18H11F2NO2. The second-order valence-electron chi connectivity index (χ2n) is 4.92. The lowest BCUT2D eigenvalue weighted by Crippen LogP contribution is -2.00. The Morgan fingerprint density at radius 2 is 1.78 bits per heavy atom. The molecule has 0 aliphatic heterocycles. The average Bonchev–Trinajstić information content (AvgIpc) is 2.55. The van der Waals surface area contributed by atoms with Gasteiger partial charge >= 0.3 is 5.97 Å². The summed E-state index contributed by atoms with van der Waals surface area (Å²) in [4.78, 5) is 15.7. The molecule has 1 aromatic heterocycles. The van der Waals surface area contributed by atoms with Crippen molar-refractivity contribution in [2.75, 3.05) is 0 Å². The first kappa shape index (κ1) is 14.8. The molecule has 0 unspecified atom stereocenters. The van der Waals surface area contributed by atoms with Crippen LogP contribution < -0.4 is 0 Å². The fourth-order valence-electron chi connectivity index (χ4n) is 2.26. The maximum Gasteiger partial charge on any atom is 0.336 e. The minimum absolute atomic E-state index is 0.139. The summed E-state index contributed by atoms with van der Waals surface area (Å²) in [5.41, 5.74) is 1.57. The van der Waals surface area contributed by atoms with E-state index in [1.165, 1.54) is 12.1 Å². The third-order valence-electron chi connectivity index (χ3n) is 3.36. The summed E-state index contributed by atoms with van der Waals surface area (Å²) in [6.45, 7) is 0. The summed E-state index contributed by atoms with van der Waals surface area (Å²) >= 11 is 0. The van der Waals surface area contributed by atoms with Crippen LogP contribution in [0.15, 0.2) is 48.5 Å². The predicted octanol–water partition coefficient (Wildman–Crippen LogP) is 4.38. The van der Waals surface area contributed by atoms with E-state index in [4.69, 9.17) is 0 Å². The number of pyridine rings is 1. The topological polar surface area (TPSA) is 50.2 Å². The van der Waals surface area contributed by atoms with Crippen LogP contribution in [0.3, 0.4) is 0 Å². The monoisotopic (exact) mass is 311 g/mol. The molecule has 1 heterocycles. The molecule has 0 saturated heterocycles. The zero-order valence-corrected chi connectivity index (χ0v) is 11.8. The molecule has 1 N–H and O–H groups in total. The molecule has 0 amide bonds. The molecule has 23 heavy (non-hydrogen) atoms. The van der Waals surface area contributed by atoms with Crippen LogP contribution in [0.2, 0.25) is 0 Å². The summed E-state index contributed by atoms with van der Waals surface area (Å²) in [5, 5.41) is 9.86. The van der Waals surface area contributed by atoms with Gasteiger partial charge in [0.05, 0.1) is 16.8 Å². The quantitative estimate of drug-likeness (QED) is 0.781. The van der Waals surface area contributed by atoms with Crippen LogP contribution in [0.5, 0.6) is 0 Å². The molecule has 0 fully saturated rings. The maximum absolute atomic E-state index is 13.2. The van der Waals surface area contributed by atoms with Crippen molar-refractivity contribution in [1.82, 2.24) is 4.98 Å². The molecule has 0 bridgehead atoms. The molecule has 5 heteroatoms. The van der Waals surface area contributed by atoms with E-state index in [0.717, 1.165) is 12.1 Å². The summed E-state index contributed by atoms with van der Waals surface area (Å²) < 4.78 is 26.1. The van der Waals surface area contributed by atoms with Gasteiger partial charge in [-0.15, -0.1) is 0 Å². The standard InChI is InChI=1S/C18H11F2NO2/c19-15-8-6-11(9-16(15)20)5-7-12-10-14(18(22)23)13-3-1-2-4-17(13)21-12/h1-10H,(H,22,23)/b7-5+. The molecule has 0 aliphatic rings. The van der Waals surface area contributed by atoms with Gasteiger partial charge in [0.1, 0.15) is 0 Å². The third-order valence-corrected chi connectivity index (χ3v) is 3.36. The number of aromatic nitrogens is 1. The SMILES string of the molecule is O=C(O)c1cc(/C=C/c2ccc(F)c(F)c2)nc2ccccc12. The van der Waals surface area contributed by atoms with Gasteiger partial charge in [0, 0.05) is 5.39 Å². The number of halogens is 2. The molecule has 114 valence electrons. The van der Waals surface area contributed by atoms with Gasteiger partial charge in [0.25, 0.3) is 0 Å². The van der Waals surface area contributed by atoms with Gasteiger partial charge in [-0.25, -0.2) is 18.6 Å². The van der Waals surface area contributed by atoms with Gasteiger partial charge in [-0.3, -0.25) is 0 Å². The molecule has 2 aromatic carbocycles. The summed E-state index contributed by atoms with van der Waals surface area (Å²) in [6.07, 6.45) is 3.11. The van der Waals surface area contributed by atoms with Crippen molar-refractivity contribution in [2.24, 2.45) is 0 Å². The highest BCUT2D eigenvalue weighted by Crippen LogP contribution is 2.20. The summed E-state index contributed by atoms with van der Waals surface area (Å²) in [7, 11) is 0. The number of hydrogen-bond acceptors (Lipinski definition) is 2. The van der Waals surface area contributed by atoms with E-state index >= 15 is 0 Å². The van der Waals surface area contributed by atoms with Crippen LogP contribution in [-0.4, -0.2) is 16.1 Å². The van der Waals surface area contributed by atoms with Crippen molar-refractivity contribution in [1.29, 1.82) is 0 Å². The second kappa shape index (κ2) is 5.96. The zero-order chi connectivity index (χ0) is 16.4.